The second-order valence-corrected chi connectivity index (χ2v) is 7.01. The van der Waals surface area contributed by atoms with E-state index in [0.717, 1.165) is 43.2 Å². The normalized spacial score (nSPS) is 28.3. The highest BCUT2D eigenvalue weighted by Crippen LogP contribution is 2.44. The van der Waals surface area contributed by atoms with Crippen molar-refractivity contribution in [3.8, 4) is 0 Å². The largest absolute Gasteiger partial charge is 0.509 e. The number of rotatable bonds is 2. The third-order valence-corrected chi connectivity index (χ3v) is 5.51. The minimum absolute atomic E-state index is 0.183. The lowest BCUT2D eigenvalue weighted by molar-refractivity contribution is -0.116. The summed E-state index contributed by atoms with van der Waals surface area (Å²) >= 11 is 6.07. The summed E-state index contributed by atoms with van der Waals surface area (Å²) in [6, 6.07) is 5.44. The van der Waals surface area contributed by atoms with Crippen LogP contribution in [-0.4, -0.2) is 16.6 Å². The Morgan fingerprint density at radius 3 is 2.68 bits per heavy atom. The Balaban J connectivity index is 2.00. The maximum absolute atomic E-state index is 12.5. The van der Waals surface area contributed by atoms with Gasteiger partial charge in [-0.15, -0.1) is 0 Å². The molecule has 1 heterocycles. The molecule has 1 spiro atoms. The molecule has 0 atom stereocenters. The molecule has 3 rings (SSSR count). The molecule has 3 nitrogen and oxygen atoms in total. The van der Waals surface area contributed by atoms with E-state index in [9.17, 15) is 9.90 Å². The zero-order chi connectivity index (χ0) is 15.9. The Labute approximate surface area is 136 Å². The fourth-order valence-electron chi connectivity index (χ4n) is 3.74. The second kappa shape index (κ2) is 5.62. The molecule has 1 aliphatic heterocycles. The van der Waals surface area contributed by atoms with E-state index < -0.39 is 5.54 Å². The number of halogens is 1. The maximum Gasteiger partial charge on any atom is 0.256 e. The molecule has 1 fully saturated rings. The number of carbonyl (C=O) groups excluding carboxylic acids is 1. The monoisotopic (exact) mass is 319 g/mol. The van der Waals surface area contributed by atoms with Crippen LogP contribution in [0.5, 0.6) is 0 Å². The Hall–Kier alpha value is -1.48. The molecule has 0 radical (unpaired) electrons. The molecule has 4 heteroatoms. The van der Waals surface area contributed by atoms with Gasteiger partial charge in [0.05, 0.1) is 11.1 Å². The van der Waals surface area contributed by atoms with Crippen molar-refractivity contribution in [3.05, 3.63) is 40.1 Å². The van der Waals surface area contributed by atoms with Crippen LogP contribution in [0.15, 0.2) is 24.0 Å². The lowest BCUT2D eigenvalue weighted by Crippen LogP contribution is -2.47. The molecule has 0 unspecified atom stereocenters. The predicted octanol–water partition coefficient (Wildman–Crippen LogP) is 4.39. The summed E-state index contributed by atoms with van der Waals surface area (Å²) in [5.74, 6) is 0.725. The van der Waals surface area contributed by atoms with Crippen molar-refractivity contribution >= 4 is 23.1 Å². The molecule has 1 amide bonds. The number of hydrogen-bond donors (Lipinski definition) is 2. The zero-order valence-corrected chi connectivity index (χ0v) is 13.8. The van der Waals surface area contributed by atoms with E-state index in [1.807, 2.05) is 13.0 Å². The number of hydrogen-bond acceptors (Lipinski definition) is 2. The maximum atomic E-state index is 12.5. The van der Waals surface area contributed by atoms with E-state index in [1.54, 1.807) is 12.1 Å². The molecule has 118 valence electrons. The number of aryl methyl sites for hydroxylation is 1. The molecule has 1 aromatic rings. The van der Waals surface area contributed by atoms with Crippen LogP contribution in [0.25, 0.3) is 5.57 Å². The third kappa shape index (κ3) is 2.41. The summed E-state index contributed by atoms with van der Waals surface area (Å²) in [5.41, 5.74) is 1.51. The van der Waals surface area contributed by atoms with Crippen LogP contribution < -0.4 is 5.32 Å². The average molecular weight is 320 g/mol. The summed E-state index contributed by atoms with van der Waals surface area (Å²) in [5, 5.41) is 14.4. The van der Waals surface area contributed by atoms with E-state index in [4.69, 9.17) is 11.6 Å². The first-order chi connectivity index (χ1) is 10.5. The topological polar surface area (TPSA) is 49.3 Å². The molecule has 1 saturated carbocycles. The van der Waals surface area contributed by atoms with Crippen LogP contribution in [0, 0.1) is 12.8 Å². The van der Waals surface area contributed by atoms with Crippen molar-refractivity contribution in [2.75, 3.05) is 0 Å². The van der Waals surface area contributed by atoms with Crippen LogP contribution in [0.4, 0.5) is 0 Å². The highest BCUT2D eigenvalue weighted by atomic mass is 35.5. The first-order valence-electron chi connectivity index (χ1n) is 7.99. The minimum Gasteiger partial charge on any atom is -0.509 e. The number of benzene rings is 1. The summed E-state index contributed by atoms with van der Waals surface area (Å²) in [6.45, 7) is 4.13. The summed E-state index contributed by atoms with van der Waals surface area (Å²) in [6.07, 6.45) is 4.87. The molecular formula is C18H22ClNO2. The first kappa shape index (κ1) is 15.4. The Morgan fingerprint density at radius 2 is 2.05 bits per heavy atom. The minimum atomic E-state index is -0.563. The molecule has 1 aromatic carbocycles. The molecule has 22 heavy (non-hydrogen) atoms. The van der Waals surface area contributed by atoms with Crippen LogP contribution in [0.1, 0.15) is 50.2 Å². The summed E-state index contributed by atoms with van der Waals surface area (Å²) < 4.78 is 0. The van der Waals surface area contributed by atoms with Crippen molar-refractivity contribution in [2.45, 2.75) is 51.5 Å². The van der Waals surface area contributed by atoms with Gasteiger partial charge in [-0.2, -0.15) is 0 Å². The van der Waals surface area contributed by atoms with Gasteiger partial charge in [-0.25, -0.2) is 0 Å². The van der Waals surface area contributed by atoms with E-state index in [0.29, 0.717) is 16.5 Å². The highest BCUT2D eigenvalue weighted by molar-refractivity contribution is 6.31. The van der Waals surface area contributed by atoms with Gasteiger partial charge in [0.15, 0.2) is 0 Å². The van der Waals surface area contributed by atoms with Crippen molar-refractivity contribution in [1.82, 2.24) is 5.32 Å². The van der Waals surface area contributed by atoms with Crippen LogP contribution in [0.2, 0.25) is 5.02 Å². The summed E-state index contributed by atoms with van der Waals surface area (Å²) in [7, 11) is 0. The Bertz CT molecular complexity index is 642. The Morgan fingerprint density at radius 1 is 1.36 bits per heavy atom. The van der Waals surface area contributed by atoms with Crippen molar-refractivity contribution in [1.29, 1.82) is 0 Å². The van der Waals surface area contributed by atoms with Gasteiger partial charge in [0.1, 0.15) is 5.76 Å². The van der Waals surface area contributed by atoms with Crippen LogP contribution in [-0.2, 0) is 4.79 Å². The van der Waals surface area contributed by atoms with Gasteiger partial charge in [-0.05, 0) is 61.8 Å². The van der Waals surface area contributed by atoms with E-state index in [1.165, 1.54) is 0 Å². The van der Waals surface area contributed by atoms with Gasteiger partial charge in [0.2, 0.25) is 0 Å². The van der Waals surface area contributed by atoms with Gasteiger partial charge in [-0.3, -0.25) is 4.79 Å². The molecule has 0 aromatic heterocycles. The molecule has 2 aliphatic rings. The van der Waals surface area contributed by atoms with Crippen molar-refractivity contribution in [3.63, 3.8) is 0 Å². The van der Waals surface area contributed by atoms with Gasteiger partial charge in [0, 0.05) is 5.02 Å². The second-order valence-electron chi connectivity index (χ2n) is 6.57. The van der Waals surface area contributed by atoms with Gasteiger partial charge in [0.25, 0.3) is 5.91 Å². The van der Waals surface area contributed by atoms with Crippen LogP contribution in [0.3, 0.4) is 0 Å². The summed E-state index contributed by atoms with van der Waals surface area (Å²) in [4.78, 5) is 12.5. The lowest BCUT2D eigenvalue weighted by Gasteiger charge is -2.36. The molecule has 0 saturated heterocycles. The number of amides is 1. The van der Waals surface area contributed by atoms with Crippen molar-refractivity contribution < 1.29 is 9.90 Å². The third-order valence-electron chi connectivity index (χ3n) is 5.27. The molecule has 2 N–H and O–H groups in total. The average Bonchev–Trinajstić information content (AvgIpc) is 2.74. The van der Waals surface area contributed by atoms with E-state index in [-0.39, 0.29) is 11.7 Å². The van der Waals surface area contributed by atoms with Gasteiger partial charge >= 0.3 is 0 Å². The SMILES string of the molecule is CCC1CCC2(CC1)NC(=O)C(c1cc(Cl)ccc1C)=C2O. The fourth-order valence-corrected chi connectivity index (χ4v) is 3.91. The predicted molar refractivity (Wildman–Crippen MR) is 88.9 cm³/mol. The number of carbonyl (C=O) groups is 1. The smallest absolute Gasteiger partial charge is 0.256 e. The van der Waals surface area contributed by atoms with E-state index >= 15 is 0 Å². The molecule has 1 aliphatic carbocycles. The van der Waals surface area contributed by atoms with Crippen LogP contribution >= 0.6 is 11.6 Å². The quantitative estimate of drug-likeness (QED) is 0.849. The number of aliphatic hydroxyl groups excluding tert-OH is 1. The molecular weight excluding hydrogens is 298 g/mol. The Kier molecular flexibility index (Phi) is 3.94. The first-order valence-corrected chi connectivity index (χ1v) is 8.37. The van der Waals surface area contributed by atoms with Gasteiger partial charge < -0.3 is 10.4 Å². The number of aliphatic hydroxyl groups is 1. The zero-order valence-electron chi connectivity index (χ0n) is 13.1. The fraction of sp³-hybridized carbons (Fsp3) is 0.500. The van der Waals surface area contributed by atoms with Crippen molar-refractivity contribution in [2.24, 2.45) is 5.92 Å². The standard InChI is InChI=1S/C18H22ClNO2/c1-3-12-6-8-18(9-7-12)16(21)15(17(22)20-18)14-10-13(19)5-4-11(14)2/h4-5,10,12,21H,3,6-9H2,1-2H3,(H,20,22). The highest BCUT2D eigenvalue weighted by Gasteiger charge is 2.47. The number of nitrogens with one attached hydrogen (secondary N) is 1. The van der Waals surface area contributed by atoms with Gasteiger partial charge in [-0.1, -0.05) is 31.0 Å². The molecule has 0 bridgehead atoms. The lowest BCUT2D eigenvalue weighted by atomic mass is 9.75. The van der Waals surface area contributed by atoms with E-state index in [2.05, 4.69) is 12.2 Å².